The quantitative estimate of drug-likeness (QED) is 0.743. The van der Waals surface area contributed by atoms with Crippen molar-refractivity contribution in [2.75, 3.05) is 6.54 Å². The Morgan fingerprint density at radius 3 is 2.32 bits per heavy atom. The number of likely N-dealkylation sites (tertiary alicyclic amines) is 1. The Morgan fingerprint density at radius 1 is 1.16 bits per heavy atom. The van der Waals surface area contributed by atoms with E-state index < -0.39 is 29.8 Å². The zero-order valence-electron chi connectivity index (χ0n) is 13.9. The summed E-state index contributed by atoms with van der Waals surface area (Å²) in [4.78, 5) is 24.9. The molecule has 0 unspecified atom stereocenters. The van der Waals surface area contributed by atoms with Crippen LogP contribution in [0.25, 0.3) is 0 Å². The summed E-state index contributed by atoms with van der Waals surface area (Å²) >= 11 is 17.9. The van der Waals surface area contributed by atoms with Crippen LogP contribution >= 0.6 is 34.8 Å². The highest BCUT2D eigenvalue weighted by molar-refractivity contribution is 6.43. The van der Waals surface area contributed by atoms with Crippen molar-refractivity contribution in [3.63, 3.8) is 0 Å². The van der Waals surface area contributed by atoms with E-state index in [0.717, 1.165) is 4.90 Å². The molecule has 0 aromatic heterocycles. The normalized spacial score (nSPS) is 20.5. The molecule has 0 saturated carbocycles. The summed E-state index contributed by atoms with van der Waals surface area (Å²) in [6, 6.07) is 1.86. The molecule has 0 aliphatic carbocycles. The summed E-state index contributed by atoms with van der Waals surface area (Å²) < 4.78 is 11.0. The van der Waals surface area contributed by atoms with Gasteiger partial charge in [0, 0.05) is 12.5 Å². The maximum atomic E-state index is 12.3. The number of carbonyl (C=O) groups excluding carboxylic acids is 1. The van der Waals surface area contributed by atoms with Crippen LogP contribution in [0.1, 0.15) is 27.2 Å². The lowest BCUT2D eigenvalue weighted by Gasteiger charge is -2.26. The van der Waals surface area contributed by atoms with Gasteiger partial charge in [0.05, 0.1) is 21.6 Å². The average molecular weight is 411 g/mol. The first kappa shape index (κ1) is 19.9. The molecule has 0 radical (unpaired) electrons. The topological polar surface area (TPSA) is 76.1 Å². The molecular formula is C16H18Cl3NO5. The number of aliphatic carboxylic acids is 1. The smallest absolute Gasteiger partial charge is 0.411 e. The van der Waals surface area contributed by atoms with E-state index >= 15 is 0 Å². The van der Waals surface area contributed by atoms with E-state index in [0.29, 0.717) is 0 Å². The van der Waals surface area contributed by atoms with E-state index in [-0.39, 0.29) is 33.8 Å². The van der Waals surface area contributed by atoms with Crippen molar-refractivity contribution in [2.24, 2.45) is 0 Å². The second kappa shape index (κ2) is 7.48. The minimum atomic E-state index is -1.13. The van der Waals surface area contributed by atoms with Crippen LogP contribution in [0.15, 0.2) is 12.1 Å². The maximum absolute atomic E-state index is 12.3. The Morgan fingerprint density at radius 2 is 1.76 bits per heavy atom. The summed E-state index contributed by atoms with van der Waals surface area (Å²) in [6.45, 7) is 5.18. The van der Waals surface area contributed by atoms with Crippen molar-refractivity contribution < 1.29 is 24.2 Å². The second-order valence-corrected chi connectivity index (χ2v) is 7.88. The number of hydrogen-bond donors (Lipinski definition) is 1. The van der Waals surface area contributed by atoms with Gasteiger partial charge < -0.3 is 14.6 Å². The van der Waals surface area contributed by atoms with Crippen LogP contribution < -0.4 is 4.74 Å². The number of rotatable bonds is 3. The molecule has 25 heavy (non-hydrogen) atoms. The van der Waals surface area contributed by atoms with E-state index in [1.807, 2.05) is 0 Å². The summed E-state index contributed by atoms with van der Waals surface area (Å²) in [5.41, 5.74) is -0.730. The van der Waals surface area contributed by atoms with E-state index in [2.05, 4.69) is 0 Å². The largest absolute Gasteiger partial charge is 0.487 e. The lowest BCUT2D eigenvalue weighted by molar-refractivity contribution is -0.142. The molecule has 1 heterocycles. The van der Waals surface area contributed by atoms with E-state index in [4.69, 9.17) is 44.3 Å². The second-order valence-electron chi connectivity index (χ2n) is 6.66. The van der Waals surface area contributed by atoms with Crippen molar-refractivity contribution in [1.29, 1.82) is 0 Å². The predicted molar refractivity (Wildman–Crippen MR) is 94.9 cm³/mol. The number of benzene rings is 1. The van der Waals surface area contributed by atoms with Gasteiger partial charge in [-0.3, -0.25) is 4.90 Å². The van der Waals surface area contributed by atoms with Gasteiger partial charge in [0.15, 0.2) is 0 Å². The fraction of sp³-hybridized carbons (Fsp3) is 0.500. The highest BCUT2D eigenvalue weighted by Gasteiger charge is 2.42. The van der Waals surface area contributed by atoms with Gasteiger partial charge >= 0.3 is 12.1 Å². The Balaban J connectivity index is 2.15. The van der Waals surface area contributed by atoms with Crippen molar-refractivity contribution in [3.05, 3.63) is 27.2 Å². The monoisotopic (exact) mass is 409 g/mol. The maximum Gasteiger partial charge on any atom is 0.411 e. The number of ether oxygens (including phenoxy) is 2. The SMILES string of the molecule is CC(C)(C)OC(=O)N1C[C@H](Oc2cc(Cl)c(Cl)cc2Cl)C[C@@H]1C(=O)O. The molecule has 1 aromatic carbocycles. The molecule has 2 atom stereocenters. The Bertz CT molecular complexity index is 689. The zero-order chi connectivity index (χ0) is 18.9. The van der Waals surface area contributed by atoms with Crippen LogP contribution in [0.4, 0.5) is 4.79 Å². The fourth-order valence-corrected chi connectivity index (χ4v) is 2.99. The average Bonchev–Trinajstić information content (AvgIpc) is 2.87. The number of carboxylic acid groups (broad SMARTS) is 1. The predicted octanol–water partition coefficient (Wildman–Crippen LogP) is 4.49. The van der Waals surface area contributed by atoms with Gasteiger partial charge in [-0.15, -0.1) is 0 Å². The first-order chi connectivity index (χ1) is 11.5. The zero-order valence-corrected chi connectivity index (χ0v) is 16.2. The Kier molecular flexibility index (Phi) is 5.97. The summed E-state index contributed by atoms with van der Waals surface area (Å²) in [5.74, 6) is -0.853. The van der Waals surface area contributed by atoms with Gasteiger partial charge in [-0.1, -0.05) is 34.8 Å². The molecule has 138 valence electrons. The number of amides is 1. The summed E-state index contributed by atoms with van der Waals surface area (Å²) in [5, 5.41) is 10.2. The lowest BCUT2D eigenvalue weighted by Crippen LogP contribution is -2.43. The minimum absolute atomic E-state index is 0.0580. The number of halogens is 3. The standard InChI is InChI=1S/C16H18Cl3NO5/c1-16(2,3)25-15(23)20-7-8(4-12(20)14(21)22)24-13-6-10(18)9(17)5-11(13)19/h5-6,8,12H,4,7H2,1-3H3,(H,21,22)/t8-,12-/m1/s1. The van der Waals surface area contributed by atoms with Gasteiger partial charge in [-0.25, -0.2) is 9.59 Å². The van der Waals surface area contributed by atoms with Crippen molar-refractivity contribution in [3.8, 4) is 5.75 Å². The van der Waals surface area contributed by atoms with Gasteiger partial charge in [-0.05, 0) is 26.8 Å². The highest BCUT2D eigenvalue weighted by Crippen LogP contribution is 2.36. The molecule has 1 aliphatic rings. The van der Waals surface area contributed by atoms with Crippen molar-refractivity contribution in [2.45, 2.75) is 44.9 Å². The molecule has 1 aromatic rings. The lowest BCUT2D eigenvalue weighted by atomic mass is 10.2. The Hall–Kier alpha value is -1.37. The van der Waals surface area contributed by atoms with Gasteiger partial charge in [0.25, 0.3) is 0 Å². The van der Waals surface area contributed by atoms with Crippen LogP contribution in [0.5, 0.6) is 5.75 Å². The van der Waals surface area contributed by atoms with Crippen LogP contribution in [0, 0.1) is 0 Å². The van der Waals surface area contributed by atoms with Crippen molar-refractivity contribution in [1.82, 2.24) is 4.90 Å². The number of carboxylic acids is 1. The van der Waals surface area contributed by atoms with Crippen LogP contribution in [0.2, 0.25) is 15.1 Å². The molecule has 6 nitrogen and oxygen atoms in total. The van der Waals surface area contributed by atoms with Gasteiger partial charge in [0.2, 0.25) is 0 Å². The third-order valence-electron chi connectivity index (χ3n) is 3.44. The first-order valence-corrected chi connectivity index (χ1v) is 8.65. The minimum Gasteiger partial charge on any atom is -0.487 e. The third-order valence-corrected chi connectivity index (χ3v) is 4.46. The number of nitrogens with zero attached hydrogens (tertiary/aromatic N) is 1. The van der Waals surface area contributed by atoms with E-state index in [9.17, 15) is 14.7 Å². The Labute approximate surface area is 160 Å². The summed E-state index contributed by atoms with van der Waals surface area (Å²) in [7, 11) is 0. The molecule has 1 saturated heterocycles. The van der Waals surface area contributed by atoms with Crippen LogP contribution in [-0.2, 0) is 9.53 Å². The highest BCUT2D eigenvalue weighted by atomic mass is 35.5. The molecule has 1 fully saturated rings. The number of carbonyl (C=O) groups is 2. The molecular weight excluding hydrogens is 393 g/mol. The van der Waals surface area contributed by atoms with Gasteiger partial charge in [0.1, 0.15) is 23.5 Å². The van der Waals surface area contributed by atoms with E-state index in [1.54, 1.807) is 20.8 Å². The van der Waals surface area contributed by atoms with Crippen molar-refractivity contribution >= 4 is 46.9 Å². The van der Waals surface area contributed by atoms with Gasteiger partial charge in [-0.2, -0.15) is 0 Å². The van der Waals surface area contributed by atoms with Crippen LogP contribution in [-0.4, -0.2) is 46.4 Å². The summed E-state index contributed by atoms with van der Waals surface area (Å²) in [6.07, 6.45) is -1.17. The van der Waals surface area contributed by atoms with Crippen LogP contribution in [0.3, 0.4) is 0 Å². The molecule has 2 rings (SSSR count). The first-order valence-electron chi connectivity index (χ1n) is 7.51. The third kappa shape index (κ3) is 5.06. The molecule has 9 heteroatoms. The van der Waals surface area contributed by atoms with E-state index in [1.165, 1.54) is 12.1 Å². The fourth-order valence-electron chi connectivity index (χ4n) is 2.41. The molecule has 1 N–H and O–H groups in total. The molecule has 1 aliphatic heterocycles. The molecule has 1 amide bonds. The molecule has 0 bridgehead atoms. The number of hydrogen-bond acceptors (Lipinski definition) is 4. The molecule has 0 spiro atoms.